The molecule has 114 valence electrons. The Balaban J connectivity index is 1.39. The number of nitrogens with one attached hydrogen (secondary N) is 2. The van der Waals surface area contributed by atoms with Crippen LogP contribution >= 0.6 is 0 Å². The number of aromatic nitrogens is 2. The molecule has 4 nitrogen and oxygen atoms in total. The van der Waals surface area contributed by atoms with E-state index in [-0.39, 0.29) is 11.8 Å². The Kier molecular flexibility index (Phi) is 3.45. The number of benzene rings is 1. The van der Waals surface area contributed by atoms with Crippen LogP contribution < -0.4 is 5.32 Å². The molecule has 2 N–H and O–H groups in total. The fourth-order valence-electron chi connectivity index (χ4n) is 3.77. The molecular weight excluding hydrogens is 274 g/mol. The summed E-state index contributed by atoms with van der Waals surface area (Å²) >= 11 is 0. The van der Waals surface area contributed by atoms with Crippen LogP contribution in [0.4, 0.5) is 0 Å². The molecule has 0 unspecified atom stereocenters. The number of hydrogen-bond acceptors (Lipinski definition) is 2. The molecule has 2 aliphatic rings. The fraction of sp³-hybridized carbons (Fsp3) is 0.444. The van der Waals surface area contributed by atoms with Gasteiger partial charge in [-0.1, -0.05) is 24.3 Å². The minimum absolute atomic E-state index is 0.0990. The van der Waals surface area contributed by atoms with Gasteiger partial charge in [-0.3, -0.25) is 9.89 Å². The van der Waals surface area contributed by atoms with Gasteiger partial charge in [0, 0.05) is 11.6 Å². The van der Waals surface area contributed by atoms with Crippen LogP contribution in [0.2, 0.25) is 0 Å². The van der Waals surface area contributed by atoms with Crippen molar-refractivity contribution < 1.29 is 4.79 Å². The van der Waals surface area contributed by atoms with Gasteiger partial charge in [0.05, 0.1) is 12.2 Å². The Hall–Kier alpha value is -2.10. The van der Waals surface area contributed by atoms with Gasteiger partial charge in [-0.2, -0.15) is 5.10 Å². The molecule has 0 radical (unpaired) electrons. The second-order valence-corrected chi connectivity index (χ2v) is 6.41. The van der Waals surface area contributed by atoms with Crippen molar-refractivity contribution in [2.75, 3.05) is 0 Å². The van der Waals surface area contributed by atoms with Crippen molar-refractivity contribution in [3.8, 4) is 0 Å². The van der Waals surface area contributed by atoms with E-state index in [1.807, 2.05) is 0 Å². The maximum Gasteiger partial charge on any atom is 0.223 e. The SMILES string of the molecule is O=C(NCc1n[nH]c2c1CCC2)[C@H]1CCc2ccccc2C1. The molecule has 1 atom stereocenters. The highest BCUT2D eigenvalue weighted by atomic mass is 16.1. The zero-order valence-corrected chi connectivity index (χ0v) is 12.7. The van der Waals surface area contributed by atoms with Gasteiger partial charge in [0.15, 0.2) is 0 Å². The number of fused-ring (bicyclic) bond motifs is 2. The average molecular weight is 295 g/mol. The number of amides is 1. The molecule has 0 bridgehead atoms. The minimum atomic E-state index is 0.0990. The smallest absolute Gasteiger partial charge is 0.223 e. The van der Waals surface area contributed by atoms with E-state index < -0.39 is 0 Å². The van der Waals surface area contributed by atoms with Gasteiger partial charge >= 0.3 is 0 Å². The first kappa shape index (κ1) is 13.6. The van der Waals surface area contributed by atoms with Crippen LogP contribution in [0.5, 0.6) is 0 Å². The predicted molar refractivity (Wildman–Crippen MR) is 84.4 cm³/mol. The van der Waals surface area contributed by atoms with Crippen LogP contribution in [-0.4, -0.2) is 16.1 Å². The lowest BCUT2D eigenvalue weighted by molar-refractivity contribution is -0.125. The van der Waals surface area contributed by atoms with Gasteiger partial charge in [-0.15, -0.1) is 0 Å². The van der Waals surface area contributed by atoms with Crippen LogP contribution in [0, 0.1) is 5.92 Å². The van der Waals surface area contributed by atoms with Crippen LogP contribution in [0.25, 0.3) is 0 Å². The lowest BCUT2D eigenvalue weighted by atomic mass is 9.83. The molecule has 1 aromatic carbocycles. The third-order valence-electron chi connectivity index (χ3n) is 5.04. The van der Waals surface area contributed by atoms with E-state index >= 15 is 0 Å². The molecule has 1 amide bonds. The summed E-state index contributed by atoms with van der Waals surface area (Å²) in [5.74, 6) is 0.270. The molecule has 4 rings (SSSR count). The molecule has 0 aliphatic heterocycles. The summed E-state index contributed by atoms with van der Waals surface area (Å²) in [5.41, 5.74) is 6.34. The number of carbonyl (C=O) groups is 1. The number of nitrogens with zero attached hydrogens (tertiary/aromatic N) is 1. The Labute approximate surface area is 130 Å². The van der Waals surface area contributed by atoms with E-state index in [9.17, 15) is 4.79 Å². The Morgan fingerprint density at radius 3 is 3.00 bits per heavy atom. The fourth-order valence-corrected chi connectivity index (χ4v) is 3.77. The Morgan fingerprint density at radius 2 is 2.09 bits per heavy atom. The standard InChI is InChI=1S/C18H21N3O/c22-18(14-9-8-12-4-1-2-5-13(12)10-14)19-11-17-15-6-3-7-16(15)20-21-17/h1-2,4-5,14H,3,6-11H2,(H,19,22)(H,20,21)/t14-/m0/s1. The van der Waals surface area contributed by atoms with Crippen LogP contribution in [0.15, 0.2) is 24.3 Å². The maximum absolute atomic E-state index is 12.5. The first-order valence-corrected chi connectivity index (χ1v) is 8.21. The van der Waals surface area contributed by atoms with Crippen molar-refractivity contribution in [2.45, 2.75) is 45.1 Å². The molecule has 2 aliphatic carbocycles. The van der Waals surface area contributed by atoms with Gasteiger partial charge in [0.1, 0.15) is 0 Å². The number of rotatable bonds is 3. The molecule has 0 fully saturated rings. The summed E-state index contributed by atoms with van der Waals surface area (Å²) in [6.07, 6.45) is 6.20. The lowest BCUT2D eigenvalue weighted by Crippen LogP contribution is -2.34. The number of hydrogen-bond donors (Lipinski definition) is 2. The van der Waals surface area contributed by atoms with Crippen molar-refractivity contribution in [2.24, 2.45) is 5.92 Å². The van der Waals surface area contributed by atoms with Gasteiger partial charge in [0.25, 0.3) is 0 Å². The van der Waals surface area contributed by atoms with Gasteiger partial charge < -0.3 is 5.32 Å². The quantitative estimate of drug-likeness (QED) is 0.913. The van der Waals surface area contributed by atoms with E-state index in [0.29, 0.717) is 6.54 Å². The van der Waals surface area contributed by atoms with Crippen LogP contribution in [0.1, 0.15) is 40.9 Å². The summed E-state index contributed by atoms with van der Waals surface area (Å²) in [4.78, 5) is 12.5. The zero-order valence-electron chi connectivity index (χ0n) is 12.7. The topological polar surface area (TPSA) is 57.8 Å². The summed E-state index contributed by atoms with van der Waals surface area (Å²) in [7, 11) is 0. The van der Waals surface area contributed by atoms with Crippen molar-refractivity contribution in [3.05, 3.63) is 52.3 Å². The second kappa shape index (κ2) is 5.59. The number of aryl methyl sites for hydroxylation is 2. The van der Waals surface area contributed by atoms with Crippen LogP contribution in [-0.2, 0) is 37.0 Å². The highest BCUT2D eigenvalue weighted by molar-refractivity contribution is 5.79. The lowest BCUT2D eigenvalue weighted by Gasteiger charge is -2.23. The highest BCUT2D eigenvalue weighted by Gasteiger charge is 2.25. The van der Waals surface area contributed by atoms with Gasteiger partial charge in [-0.05, 0) is 55.2 Å². The molecule has 1 aromatic heterocycles. The van der Waals surface area contributed by atoms with Crippen molar-refractivity contribution in [3.63, 3.8) is 0 Å². The molecule has 0 spiro atoms. The Morgan fingerprint density at radius 1 is 1.23 bits per heavy atom. The van der Waals surface area contributed by atoms with Crippen LogP contribution in [0.3, 0.4) is 0 Å². The number of aromatic amines is 1. The Bertz CT molecular complexity index is 704. The molecule has 4 heteroatoms. The summed E-state index contributed by atoms with van der Waals surface area (Å²) in [6, 6.07) is 8.47. The second-order valence-electron chi connectivity index (χ2n) is 6.41. The molecule has 1 heterocycles. The van der Waals surface area contributed by atoms with E-state index in [1.165, 1.54) is 28.8 Å². The van der Waals surface area contributed by atoms with Crippen molar-refractivity contribution in [1.29, 1.82) is 0 Å². The third kappa shape index (κ3) is 2.43. The molecule has 0 saturated heterocycles. The normalized spacial score (nSPS) is 19.5. The van der Waals surface area contributed by atoms with Gasteiger partial charge in [0.2, 0.25) is 5.91 Å². The molecule has 22 heavy (non-hydrogen) atoms. The third-order valence-corrected chi connectivity index (χ3v) is 5.04. The minimum Gasteiger partial charge on any atom is -0.350 e. The monoisotopic (exact) mass is 295 g/mol. The van der Waals surface area contributed by atoms with Crippen molar-refractivity contribution in [1.82, 2.24) is 15.5 Å². The molecule has 2 aromatic rings. The van der Waals surface area contributed by atoms with E-state index in [0.717, 1.165) is 37.8 Å². The number of H-pyrrole nitrogens is 1. The summed E-state index contributed by atoms with van der Waals surface area (Å²) in [5, 5.41) is 10.5. The number of carbonyl (C=O) groups excluding carboxylic acids is 1. The van der Waals surface area contributed by atoms with E-state index in [1.54, 1.807) is 0 Å². The summed E-state index contributed by atoms with van der Waals surface area (Å²) in [6.45, 7) is 0.558. The summed E-state index contributed by atoms with van der Waals surface area (Å²) < 4.78 is 0. The zero-order chi connectivity index (χ0) is 14.9. The van der Waals surface area contributed by atoms with Gasteiger partial charge in [-0.25, -0.2) is 0 Å². The van der Waals surface area contributed by atoms with E-state index in [4.69, 9.17) is 0 Å². The largest absolute Gasteiger partial charge is 0.350 e. The predicted octanol–water partition coefficient (Wildman–Crippen LogP) is 2.32. The average Bonchev–Trinajstić information content (AvgIpc) is 3.16. The first-order chi connectivity index (χ1) is 10.8. The van der Waals surface area contributed by atoms with E-state index in [2.05, 4.69) is 39.8 Å². The van der Waals surface area contributed by atoms with Crippen molar-refractivity contribution >= 4 is 5.91 Å². The molecule has 0 saturated carbocycles. The molecular formula is C18H21N3O. The highest BCUT2D eigenvalue weighted by Crippen LogP contribution is 2.26. The first-order valence-electron chi connectivity index (χ1n) is 8.21. The maximum atomic E-state index is 12.5.